The third kappa shape index (κ3) is 2.73. The Labute approximate surface area is 100 Å². The second-order valence-electron chi connectivity index (χ2n) is 3.86. The first kappa shape index (κ1) is 13.4. The van der Waals surface area contributed by atoms with Crippen molar-refractivity contribution in [1.82, 2.24) is 9.78 Å². The maximum Gasteiger partial charge on any atom is 0.333 e. The summed E-state index contributed by atoms with van der Waals surface area (Å²) in [7, 11) is 1.69. The zero-order chi connectivity index (χ0) is 13.0. The minimum absolute atomic E-state index is 0.0220. The summed E-state index contributed by atoms with van der Waals surface area (Å²) in [6.45, 7) is 4.26. The Morgan fingerprint density at radius 1 is 1.59 bits per heavy atom. The van der Waals surface area contributed by atoms with E-state index in [-0.39, 0.29) is 11.7 Å². The molecule has 0 radical (unpaired) electrons. The third-order valence-corrected chi connectivity index (χ3v) is 2.73. The summed E-state index contributed by atoms with van der Waals surface area (Å²) in [5.41, 5.74) is 6.13. The number of nitrogens with one attached hydrogen (secondary N) is 1. The van der Waals surface area contributed by atoms with Gasteiger partial charge < -0.3 is 11.1 Å². The van der Waals surface area contributed by atoms with Gasteiger partial charge >= 0.3 is 5.69 Å². The maximum atomic E-state index is 11.1. The molecule has 17 heavy (non-hydrogen) atoms. The number of anilines is 1. The van der Waals surface area contributed by atoms with E-state index in [2.05, 4.69) is 10.4 Å². The van der Waals surface area contributed by atoms with E-state index in [0.717, 1.165) is 6.42 Å². The van der Waals surface area contributed by atoms with Gasteiger partial charge in [-0.15, -0.1) is 0 Å². The Balaban J connectivity index is 3.12. The van der Waals surface area contributed by atoms with Crippen molar-refractivity contribution < 1.29 is 4.92 Å². The molecule has 1 aromatic rings. The average molecular weight is 241 g/mol. The van der Waals surface area contributed by atoms with Crippen LogP contribution in [-0.4, -0.2) is 27.3 Å². The van der Waals surface area contributed by atoms with E-state index < -0.39 is 4.92 Å². The monoisotopic (exact) mass is 241 g/mol. The van der Waals surface area contributed by atoms with Gasteiger partial charge in [-0.25, -0.2) is 4.68 Å². The van der Waals surface area contributed by atoms with Crippen molar-refractivity contribution in [2.45, 2.75) is 32.7 Å². The minimum atomic E-state index is -0.391. The topological polar surface area (TPSA) is 99.0 Å². The van der Waals surface area contributed by atoms with E-state index in [1.807, 2.05) is 13.8 Å². The summed E-state index contributed by atoms with van der Waals surface area (Å²) >= 11 is 0. The molecule has 0 bridgehead atoms. The van der Waals surface area contributed by atoms with E-state index in [9.17, 15) is 10.1 Å². The minimum Gasteiger partial charge on any atom is -0.361 e. The highest BCUT2D eigenvalue weighted by atomic mass is 16.6. The molecule has 7 nitrogen and oxygen atoms in total. The van der Waals surface area contributed by atoms with Gasteiger partial charge in [0.1, 0.15) is 5.69 Å². The molecule has 0 aromatic carbocycles. The van der Waals surface area contributed by atoms with Crippen molar-refractivity contribution in [2.24, 2.45) is 12.8 Å². The molecule has 1 heterocycles. The predicted molar refractivity (Wildman–Crippen MR) is 66.0 cm³/mol. The van der Waals surface area contributed by atoms with Crippen molar-refractivity contribution in [3.05, 3.63) is 15.8 Å². The molecule has 7 heteroatoms. The molecule has 1 rings (SSSR count). The lowest BCUT2D eigenvalue weighted by molar-refractivity contribution is -0.384. The molecule has 0 aliphatic carbocycles. The molecule has 0 aliphatic rings. The second kappa shape index (κ2) is 5.62. The molecule has 0 amide bonds. The summed E-state index contributed by atoms with van der Waals surface area (Å²) in [6.07, 6.45) is 1.34. The fourth-order valence-electron chi connectivity index (χ4n) is 1.68. The number of rotatable bonds is 6. The number of aromatic nitrogens is 2. The first-order valence-electron chi connectivity index (χ1n) is 5.71. The molecule has 3 N–H and O–H groups in total. The molecule has 1 unspecified atom stereocenters. The highest BCUT2D eigenvalue weighted by Crippen LogP contribution is 2.28. The van der Waals surface area contributed by atoms with Gasteiger partial charge in [0.25, 0.3) is 0 Å². The zero-order valence-corrected chi connectivity index (χ0v) is 10.4. The van der Waals surface area contributed by atoms with Gasteiger partial charge in [0.15, 0.2) is 0 Å². The second-order valence-corrected chi connectivity index (χ2v) is 3.86. The third-order valence-electron chi connectivity index (χ3n) is 2.73. The van der Waals surface area contributed by atoms with Gasteiger partial charge in [-0.2, -0.15) is 5.10 Å². The van der Waals surface area contributed by atoms with Crippen molar-refractivity contribution >= 4 is 11.5 Å². The Morgan fingerprint density at radius 2 is 2.24 bits per heavy atom. The van der Waals surface area contributed by atoms with E-state index in [4.69, 9.17) is 5.73 Å². The fourth-order valence-corrected chi connectivity index (χ4v) is 1.68. The molecular formula is C10H19N5O2. The van der Waals surface area contributed by atoms with Gasteiger partial charge in [0.05, 0.1) is 4.92 Å². The first-order valence-corrected chi connectivity index (χ1v) is 5.71. The molecular weight excluding hydrogens is 222 g/mol. The number of nitrogens with two attached hydrogens (primary N) is 1. The van der Waals surface area contributed by atoms with Crippen LogP contribution in [0.1, 0.15) is 26.0 Å². The lowest BCUT2D eigenvalue weighted by atomic mass is 10.2. The van der Waals surface area contributed by atoms with Crippen LogP contribution in [0.4, 0.5) is 11.5 Å². The van der Waals surface area contributed by atoms with Gasteiger partial charge in [-0.05, 0) is 12.8 Å². The molecule has 96 valence electrons. The molecule has 0 saturated heterocycles. The quantitative estimate of drug-likeness (QED) is 0.572. The van der Waals surface area contributed by atoms with Crippen LogP contribution in [0.15, 0.2) is 0 Å². The van der Waals surface area contributed by atoms with Crippen LogP contribution in [0.2, 0.25) is 0 Å². The van der Waals surface area contributed by atoms with Crippen LogP contribution in [0.3, 0.4) is 0 Å². The lowest BCUT2D eigenvalue weighted by Gasteiger charge is -2.15. The number of hydrogen-bond acceptors (Lipinski definition) is 5. The maximum absolute atomic E-state index is 11.1. The Bertz CT molecular complexity index is 398. The highest BCUT2D eigenvalue weighted by Gasteiger charge is 2.26. The summed E-state index contributed by atoms with van der Waals surface area (Å²) in [6, 6.07) is 0.0220. The predicted octanol–water partition coefficient (Wildman–Crippen LogP) is 1.04. The van der Waals surface area contributed by atoms with Crippen LogP contribution < -0.4 is 11.1 Å². The van der Waals surface area contributed by atoms with E-state index in [1.165, 1.54) is 4.68 Å². The highest BCUT2D eigenvalue weighted by molar-refractivity contribution is 5.60. The molecule has 1 atom stereocenters. The SMILES string of the molecule is CCc1nn(C)c(NC(CC)CN)c1[N+](=O)[O-]. The molecule has 0 fully saturated rings. The first-order chi connectivity index (χ1) is 8.04. The van der Waals surface area contributed by atoms with Gasteiger partial charge in [0.2, 0.25) is 5.82 Å². The average Bonchev–Trinajstić information content (AvgIpc) is 2.62. The number of nitrogens with zero attached hydrogens (tertiary/aromatic N) is 3. The van der Waals surface area contributed by atoms with Gasteiger partial charge in [0, 0.05) is 19.6 Å². The van der Waals surface area contributed by atoms with Crippen LogP contribution in [0.25, 0.3) is 0 Å². The molecule has 1 aromatic heterocycles. The fraction of sp³-hybridized carbons (Fsp3) is 0.700. The summed E-state index contributed by atoms with van der Waals surface area (Å²) < 4.78 is 1.51. The van der Waals surface area contributed by atoms with E-state index >= 15 is 0 Å². The summed E-state index contributed by atoms with van der Waals surface area (Å²) in [5, 5.41) is 18.3. The van der Waals surface area contributed by atoms with Crippen LogP contribution in [0.5, 0.6) is 0 Å². The van der Waals surface area contributed by atoms with Crippen molar-refractivity contribution in [3.63, 3.8) is 0 Å². The normalized spacial score (nSPS) is 12.5. The standard InChI is InChI=1S/C10H19N5O2/c1-4-7(6-11)12-10-9(15(16)17)8(5-2)13-14(10)3/h7,12H,4-6,11H2,1-3H3. The molecule has 0 spiro atoms. The Morgan fingerprint density at radius 3 is 2.65 bits per heavy atom. The summed E-state index contributed by atoms with van der Waals surface area (Å²) in [4.78, 5) is 10.7. The smallest absolute Gasteiger partial charge is 0.333 e. The van der Waals surface area contributed by atoms with Crippen LogP contribution in [0, 0.1) is 10.1 Å². The van der Waals surface area contributed by atoms with E-state index in [1.54, 1.807) is 7.05 Å². The zero-order valence-electron chi connectivity index (χ0n) is 10.4. The Hall–Kier alpha value is -1.63. The van der Waals surface area contributed by atoms with Crippen LogP contribution in [-0.2, 0) is 13.5 Å². The van der Waals surface area contributed by atoms with E-state index in [0.29, 0.717) is 24.5 Å². The van der Waals surface area contributed by atoms with Crippen molar-refractivity contribution in [1.29, 1.82) is 0 Å². The van der Waals surface area contributed by atoms with Crippen molar-refractivity contribution in [2.75, 3.05) is 11.9 Å². The Kier molecular flexibility index (Phi) is 4.45. The van der Waals surface area contributed by atoms with Gasteiger partial charge in [-0.1, -0.05) is 13.8 Å². The lowest BCUT2D eigenvalue weighted by Crippen LogP contribution is -2.29. The number of nitro groups is 1. The van der Waals surface area contributed by atoms with Crippen LogP contribution >= 0.6 is 0 Å². The largest absolute Gasteiger partial charge is 0.361 e. The summed E-state index contributed by atoms with van der Waals surface area (Å²) in [5.74, 6) is 0.434. The number of hydrogen-bond donors (Lipinski definition) is 2. The number of aryl methyl sites for hydroxylation is 2. The van der Waals surface area contributed by atoms with Crippen molar-refractivity contribution in [3.8, 4) is 0 Å². The van der Waals surface area contributed by atoms with Gasteiger partial charge in [-0.3, -0.25) is 10.1 Å². The molecule has 0 aliphatic heterocycles. The molecule has 0 saturated carbocycles.